The molecule has 76 valence electrons. The lowest BCUT2D eigenvalue weighted by atomic mass is 10.2. The molecule has 0 amide bonds. The van der Waals surface area contributed by atoms with Crippen molar-refractivity contribution in [3.63, 3.8) is 0 Å². The van der Waals surface area contributed by atoms with E-state index < -0.39 is 0 Å². The molecule has 2 nitrogen and oxygen atoms in total. The summed E-state index contributed by atoms with van der Waals surface area (Å²) in [4.78, 5) is 0. The van der Waals surface area contributed by atoms with Crippen LogP contribution in [0.5, 0.6) is 5.75 Å². The molecule has 15 heavy (non-hydrogen) atoms. The number of ether oxygens (including phenoxy) is 2. The van der Waals surface area contributed by atoms with E-state index in [1.165, 1.54) is 0 Å². The molecule has 0 heterocycles. The highest BCUT2D eigenvalue weighted by molar-refractivity contribution is 5.48. The number of rotatable bonds is 2. The first-order valence-corrected chi connectivity index (χ1v) is 4.49. The molecule has 0 saturated carbocycles. The quantitative estimate of drug-likeness (QED) is 0.676. The molecule has 0 N–H and O–H groups in total. The third kappa shape index (κ3) is 3.77. The van der Waals surface area contributed by atoms with E-state index in [1.807, 2.05) is 24.3 Å². The van der Waals surface area contributed by atoms with Crippen LogP contribution in [0.2, 0.25) is 0 Å². The molecule has 0 aliphatic carbocycles. The summed E-state index contributed by atoms with van der Waals surface area (Å²) in [6, 6.07) is 7.58. The Morgan fingerprint density at radius 3 is 2.67 bits per heavy atom. The van der Waals surface area contributed by atoms with Gasteiger partial charge in [0.05, 0.1) is 12.7 Å². The van der Waals surface area contributed by atoms with Crippen LogP contribution in [0.25, 0.3) is 0 Å². The average Bonchev–Trinajstić information content (AvgIpc) is 2.29. The number of methoxy groups -OCH3 is 2. The molecule has 0 unspecified atom stereocenters. The average molecular weight is 200 g/mol. The highest BCUT2D eigenvalue weighted by Gasteiger charge is 1.95. The molecule has 0 atom stereocenters. The fourth-order valence-electron chi connectivity index (χ4n) is 0.999. The zero-order valence-corrected chi connectivity index (χ0v) is 8.83. The Balaban J connectivity index is 2.76. The standard InChI is InChI=1S/C13H12O2/c1-14-11-7-3-4-8-12-9-5-6-10-13(12)15-2/h5-6,9-10H,11H2,1-2H3. The number of hydrogen-bond acceptors (Lipinski definition) is 2. The summed E-state index contributed by atoms with van der Waals surface area (Å²) in [6.45, 7) is 0.403. The van der Waals surface area contributed by atoms with E-state index in [1.54, 1.807) is 14.2 Å². The van der Waals surface area contributed by atoms with Crippen molar-refractivity contribution >= 4 is 0 Å². The van der Waals surface area contributed by atoms with E-state index in [-0.39, 0.29) is 0 Å². The predicted molar refractivity (Wildman–Crippen MR) is 59.5 cm³/mol. The topological polar surface area (TPSA) is 18.5 Å². The van der Waals surface area contributed by atoms with Crippen molar-refractivity contribution in [3.8, 4) is 29.4 Å². The van der Waals surface area contributed by atoms with Crippen molar-refractivity contribution in [2.75, 3.05) is 20.8 Å². The van der Waals surface area contributed by atoms with E-state index >= 15 is 0 Å². The molecule has 0 aliphatic heterocycles. The van der Waals surface area contributed by atoms with Crippen molar-refractivity contribution in [3.05, 3.63) is 29.8 Å². The summed E-state index contributed by atoms with van der Waals surface area (Å²) >= 11 is 0. The first kappa shape index (κ1) is 11.2. The fourth-order valence-corrected chi connectivity index (χ4v) is 0.999. The highest BCUT2D eigenvalue weighted by atomic mass is 16.5. The minimum absolute atomic E-state index is 0.403. The Labute approximate surface area is 90.2 Å². The normalized spacial score (nSPS) is 8.13. The number of para-hydroxylation sites is 1. The monoisotopic (exact) mass is 200 g/mol. The molecule has 1 rings (SSSR count). The first-order valence-electron chi connectivity index (χ1n) is 4.49. The summed E-state index contributed by atoms with van der Waals surface area (Å²) in [5, 5.41) is 0. The van der Waals surface area contributed by atoms with Gasteiger partial charge in [-0.05, 0) is 29.9 Å². The summed E-state index contributed by atoms with van der Waals surface area (Å²) in [5.41, 5.74) is 0.840. The summed E-state index contributed by atoms with van der Waals surface area (Å²) < 4.78 is 9.92. The molecule has 0 bridgehead atoms. The van der Waals surface area contributed by atoms with Crippen molar-refractivity contribution in [2.24, 2.45) is 0 Å². The molecule has 0 saturated heterocycles. The second kappa shape index (κ2) is 6.54. The Morgan fingerprint density at radius 2 is 1.93 bits per heavy atom. The third-order valence-corrected chi connectivity index (χ3v) is 1.67. The Kier molecular flexibility index (Phi) is 4.87. The summed E-state index contributed by atoms with van der Waals surface area (Å²) in [5.74, 6) is 11.9. The van der Waals surface area contributed by atoms with Gasteiger partial charge in [-0.15, -0.1) is 0 Å². The molecule has 1 aromatic carbocycles. The molecule has 0 spiro atoms. The van der Waals surface area contributed by atoms with Gasteiger partial charge >= 0.3 is 0 Å². The molecule has 2 heteroatoms. The largest absolute Gasteiger partial charge is 0.495 e. The smallest absolute Gasteiger partial charge is 0.134 e. The van der Waals surface area contributed by atoms with E-state index in [4.69, 9.17) is 9.47 Å². The maximum absolute atomic E-state index is 5.15. The lowest BCUT2D eigenvalue weighted by Gasteiger charge is -2.00. The Morgan fingerprint density at radius 1 is 1.13 bits per heavy atom. The maximum atomic E-state index is 5.15. The second-order valence-corrected chi connectivity index (χ2v) is 2.69. The van der Waals surface area contributed by atoms with Crippen molar-refractivity contribution in [1.82, 2.24) is 0 Å². The fraction of sp³-hybridized carbons (Fsp3) is 0.231. The second-order valence-electron chi connectivity index (χ2n) is 2.69. The van der Waals surface area contributed by atoms with Crippen LogP contribution in [-0.4, -0.2) is 20.8 Å². The molecule has 0 fully saturated rings. The van der Waals surface area contributed by atoms with E-state index in [0.717, 1.165) is 11.3 Å². The molecular formula is C13H12O2. The molecular weight excluding hydrogens is 188 g/mol. The van der Waals surface area contributed by atoms with Crippen molar-refractivity contribution in [2.45, 2.75) is 0 Å². The predicted octanol–water partition coefficient (Wildman–Crippen LogP) is 1.70. The molecule has 0 aliphatic rings. The lowest BCUT2D eigenvalue weighted by molar-refractivity contribution is 0.240. The summed E-state index contributed by atoms with van der Waals surface area (Å²) in [7, 11) is 3.22. The molecule has 0 radical (unpaired) electrons. The first-order chi connectivity index (χ1) is 7.38. The van der Waals surface area contributed by atoms with Gasteiger partial charge in [-0.3, -0.25) is 0 Å². The zero-order chi connectivity index (χ0) is 10.9. The Bertz CT molecular complexity index is 427. The van der Waals surface area contributed by atoms with Crippen LogP contribution in [0.15, 0.2) is 24.3 Å². The van der Waals surface area contributed by atoms with Gasteiger partial charge in [0.25, 0.3) is 0 Å². The van der Waals surface area contributed by atoms with Crippen LogP contribution >= 0.6 is 0 Å². The van der Waals surface area contributed by atoms with Crippen LogP contribution in [-0.2, 0) is 4.74 Å². The van der Waals surface area contributed by atoms with Gasteiger partial charge in [-0.2, -0.15) is 0 Å². The van der Waals surface area contributed by atoms with Gasteiger partial charge in [-0.25, -0.2) is 0 Å². The van der Waals surface area contributed by atoms with Crippen LogP contribution in [0.3, 0.4) is 0 Å². The lowest BCUT2D eigenvalue weighted by Crippen LogP contribution is -1.86. The number of hydrogen-bond donors (Lipinski definition) is 0. The zero-order valence-electron chi connectivity index (χ0n) is 8.83. The van der Waals surface area contributed by atoms with Crippen LogP contribution < -0.4 is 4.74 Å². The van der Waals surface area contributed by atoms with Gasteiger partial charge in [0.1, 0.15) is 12.4 Å². The Hall–Kier alpha value is -1.90. The maximum Gasteiger partial charge on any atom is 0.134 e. The van der Waals surface area contributed by atoms with Gasteiger partial charge in [0, 0.05) is 7.11 Å². The SMILES string of the molecule is COCC#CC#Cc1ccccc1OC. The van der Waals surface area contributed by atoms with Crippen LogP contribution in [0.1, 0.15) is 5.56 Å². The van der Waals surface area contributed by atoms with E-state index in [0.29, 0.717) is 6.61 Å². The van der Waals surface area contributed by atoms with E-state index in [2.05, 4.69) is 23.7 Å². The number of benzene rings is 1. The van der Waals surface area contributed by atoms with Crippen LogP contribution in [0.4, 0.5) is 0 Å². The van der Waals surface area contributed by atoms with Crippen molar-refractivity contribution < 1.29 is 9.47 Å². The van der Waals surface area contributed by atoms with Gasteiger partial charge in [0.2, 0.25) is 0 Å². The minimum Gasteiger partial charge on any atom is -0.495 e. The van der Waals surface area contributed by atoms with Crippen LogP contribution in [0, 0.1) is 23.7 Å². The van der Waals surface area contributed by atoms with Gasteiger partial charge in [-0.1, -0.05) is 18.1 Å². The molecule has 1 aromatic rings. The minimum atomic E-state index is 0.403. The van der Waals surface area contributed by atoms with Gasteiger partial charge in [0.15, 0.2) is 0 Å². The van der Waals surface area contributed by atoms with Gasteiger partial charge < -0.3 is 9.47 Å². The highest BCUT2D eigenvalue weighted by Crippen LogP contribution is 2.15. The third-order valence-electron chi connectivity index (χ3n) is 1.67. The van der Waals surface area contributed by atoms with E-state index in [9.17, 15) is 0 Å². The molecule has 0 aromatic heterocycles. The summed E-state index contributed by atoms with van der Waals surface area (Å²) in [6.07, 6.45) is 0. The van der Waals surface area contributed by atoms with Crippen molar-refractivity contribution in [1.29, 1.82) is 0 Å².